The van der Waals surface area contributed by atoms with E-state index in [4.69, 9.17) is 5.11 Å². The van der Waals surface area contributed by atoms with Gasteiger partial charge >= 0.3 is 0 Å². The van der Waals surface area contributed by atoms with Crippen LogP contribution >= 0.6 is 0 Å². The molecular formula is C20H28N2O3. The molecular weight excluding hydrogens is 316 g/mol. The van der Waals surface area contributed by atoms with Crippen molar-refractivity contribution in [3.63, 3.8) is 0 Å². The second kappa shape index (κ2) is 8.00. The lowest BCUT2D eigenvalue weighted by Gasteiger charge is -2.38. The molecule has 2 aliphatic heterocycles. The van der Waals surface area contributed by atoms with Crippen LogP contribution in [0.2, 0.25) is 0 Å². The van der Waals surface area contributed by atoms with Crippen LogP contribution in [-0.2, 0) is 16.0 Å². The van der Waals surface area contributed by atoms with Gasteiger partial charge in [-0.3, -0.25) is 9.59 Å². The van der Waals surface area contributed by atoms with Crippen molar-refractivity contribution in [2.24, 2.45) is 5.41 Å². The van der Waals surface area contributed by atoms with E-state index in [0.29, 0.717) is 19.5 Å². The summed E-state index contributed by atoms with van der Waals surface area (Å²) in [7, 11) is 0. The van der Waals surface area contributed by atoms with E-state index in [9.17, 15) is 9.59 Å². The second-order valence-electron chi connectivity index (χ2n) is 7.44. The number of rotatable bonds is 6. The van der Waals surface area contributed by atoms with Crippen molar-refractivity contribution < 1.29 is 14.7 Å². The molecule has 5 nitrogen and oxygen atoms in total. The predicted molar refractivity (Wildman–Crippen MR) is 95.9 cm³/mol. The summed E-state index contributed by atoms with van der Waals surface area (Å²) in [5, 5.41) is 8.91. The van der Waals surface area contributed by atoms with Crippen molar-refractivity contribution in [2.45, 2.75) is 38.5 Å². The summed E-state index contributed by atoms with van der Waals surface area (Å²) in [4.78, 5) is 28.2. The number of amides is 2. The molecule has 2 amide bonds. The van der Waals surface area contributed by atoms with Gasteiger partial charge in [0.05, 0.1) is 6.61 Å². The molecule has 25 heavy (non-hydrogen) atoms. The van der Waals surface area contributed by atoms with E-state index >= 15 is 0 Å². The fraction of sp³-hybridized carbons (Fsp3) is 0.600. The molecule has 0 radical (unpaired) electrons. The summed E-state index contributed by atoms with van der Waals surface area (Å²) < 4.78 is 0. The summed E-state index contributed by atoms with van der Waals surface area (Å²) in [5.74, 6) is 0.296. The molecule has 136 valence electrons. The lowest BCUT2D eigenvalue weighted by Crippen LogP contribution is -2.44. The highest BCUT2D eigenvalue weighted by Gasteiger charge is 2.45. The van der Waals surface area contributed by atoms with Crippen LogP contribution in [0, 0.1) is 5.41 Å². The first-order chi connectivity index (χ1) is 12.1. The number of nitrogens with zero attached hydrogens (tertiary/aromatic N) is 2. The van der Waals surface area contributed by atoms with Crippen LogP contribution in [-0.4, -0.2) is 59.5 Å². The molecule has 2 fully saturated rings. The van der Waals surface area contributed by atoms with Crippen LogP contribution in [0.15, 0.2) is 30.3 Å². The van der Waals surface area contributed by atoms with E-state index in [1.165, 1.54) is 5.56 Å². The van der Waals surface area contributed by atoms with Gasteiger partial charge in [0.25, 0.3) is 0 Å². The van der Waals surface area contributed by atoms with Crippen molar-refractivity contribution in [1.29, 1.82) is 0 Å². The molecule has 0 unspecified atom stereocenters. The maximum Gasteiger partial charge on any atom is 0.224 e. The van der Waals surface area contributed by atoms with E-state index in [0.717, 1.165) is 38.8 Å². The van der Waals surface area contributed by atoms with Gasteiger partial charge in [-0.25, -0.2) is 0 Å². The Kier molecular flexibility index (Phi) is 5.74. The average molecular weight is 344 g/mol. The highest BCUT2D eigenvalue weighted by Crippen LogP contribution is 2.41. The van der Waals surface area contributed by atoms with Gasteiger partial charge in [0.2, 0.25) is 11.8 Å². The Hall–Kier alpha value is -1.88. The summed E-state index contributed by atoms with van der Waals surface area (Å²) in [6, 6.07) is 10.4. The van der Waals surface area contributed by atoms with Gasteiger partial charge in [0, 0.05) is 44.4 Å². The Morgan fingerprint density at radius 2 is 1.88 bits per heavy atom. The summed E-state index contributed by atoms with van der Waals surface area (Å²) in [6.07, 6.45) is 4.61. The van der Waals surface area contributed by atoms with E-state index in [2.05, 4.69) is 24.3 Å². The molecule has 0 atom stereocenters. The van der Waals surface area contributed by atoms with Crippen molar-refractivity contribution >= 4 is 11.8 Å². The van der Waals surface area contributed by atoms with Crippen LogP contribution in [0.25, 0.3) is 0 Å². The molecule has 2 saturated heterocycles. The molecule has 1 spiro atoms. The Balaban J connectivity index is 1.47. The van der Waals surface area contributed by atoms with Gasteiger partial charge in [0.15, 0.2) is 0 Å². The molecule has 0 bridgehead atoms. The first-order valence-electron chi connectivity index (χ1n) is 9.32. The molecule has 1 aromatic carbocycles. The lowest BCUT2D eigenvalue weighted by atomic mass is 9.77. The van der Waals surface area contributed by atoms with Gasteiger partial charge < -0.3 is 14.9 Å². The Bertz CT molecular complexity index is 594. The number of likely N-dealkylation sites (tertiary alicyclic amines) is 2. The SMILES string of the molecule is O=C(CCO)N1CCC2(CC1)CC(=O)N(CCCc1ccccc1)C2. The zero-order chi connectivity index (χ0) is 17.7. The number of hydrogen-bond acceptors (Lipinski definition) is 3. The minimum Gasteiger partial charge on any atom is -0.396 e. The first kappa shape index (κ1) is 17.9. The number of hydrogen-bond donors (Lipinski definition) is 1. The second-order valence-corrected chi connectivity index (χ2v) is 7.44. The number of piperidine rings is 1. The Labute approximate surface area is 149 Å². The van der Waals surface area contributed by atoms with E-state index in [1.54, 1.807) is 0 Å². The Morgan fingerprint density at radius 1 is 1.16 bits per heavy atom. The normalized spacial score (nSPS) is 19.6. The fourth-order valence-corrected chi connectivity index (χ4v) is 4.12. The summed E-state index contributed by atoms with van der Waals surface area (Å²) in [6.45, 7) is 2.99. The zero-order valence-electron chi connectivity index (χ0n) is 14.8. The summed E-state index contributed by atoms with van der Waals surface area (Å²) in [5.41, 5.74) is 1.37. The van der Waals surface area contributed by atoms with Crippen molar-refractivity contribution in [1.82, 2.24) is 9.80 Å². The standard InChI is InChI=1S/C20H28N2O3/c23-14-8-18(24)21-12-9-20(10-13-21)15-19(25)22(16-20)11-4-7-17-5-2-1-3-6-17/h1-3,5-6,23H,4,7-16H2. The maximum atomic E-state index is 12.4. The third-order valence-corrected chi connectivity index (χ3v) is 5.64. The predicted octanol–water partition coefficient (Wildman–Crippen LogP) is 1.84. The Morgan fingerprint density at radius 3 is 2.56 bits per heavy atom. The number of carbonyl (C=O) groups is 2. The number of aliphatic hydroxyl groups is 1. The van der Waals surface area contributed by atoms with Gasteiger partial charge in [-0.1, -0.05) is 30.3 Å². The number of benzene rings is 1. The molecule has 5 heteroatoms. The lowest BCUT2D eigenvalue weighted by molar-refractivity contribution is -0.134. The number of aliphatic hydroxyl groups excluding tert-OH is 1. The quantitative estimate of drug-likeness (QED) is 0.857. The van der Waals surface area contributed by atoms with Gasteiger partial charge in [-0.05, 0) is 31.2 Å². The summed E-state index contributed by atoms with van der Waals surface area (Å²) >= 11 is 0. The van der Waals surface area contributed by atoms with Crippen LogP contribution in [0.5, 0.6) is 0 Å². The van der Waals surface area contributed by atoms with Crippen molar-refractivity contribution in [3.8, 4) is 0 Å². The molecule has 1 aromatic rings. The topological polar surface area (TPSA) is 60.9 Å². The largest absolute Gasteiger partial charge is 0.396 e. The minimum absolute atomic E-state index is 0.0291. The molecule has 2 aliphatic rings. The highest BCUT2D eigenvalue weighted by molar-refractivity contribution is 5.80. The number of aryl methyl sites for hydroxylation is 1. The average Bonchev–Trinajstić information content (AvgIpc) is 2.92. The molecule has 1 N–H and O–H groups in total. The molecule has 3 rings (SSSR count). The molecule has 2 heterocycles. The first-order valence-corrected chi connectivity index (χ1v) is 9.32. The van der Waals surface area contributed by atoms with Crippen LogP contribution in [0.3, 0.4) is 0 Å². The third kappa shape index (κ3) is 4.40. The van der Waals surface area contributed by atoms with Gasteiger partial charge in [-0.15, -0.1) is 0 Å². The van der Waals surface area contributed by atoms with E-state index < -0.39 is 0 Å². The van der Waals surface area contributed by atoms with Crippen LogP contribution in [0.4, 0.5) is 0 Å². The maximum absolute atomic E-state index is 12.4. The number of carbonyl (C=O) groups excluding carboxylic acids is 2. The van der Waals surface area contributed by atoms with Gasteiger partial charge in [0.1, 0.15) is 0 Å². The van der Waals surface area contributed by atoms with Crippen LogP contribution < -0.4 is 0 Å². The van der Waals surface area contributed by atoms with Crippen molar-refractivity contribution in [2.75, 3.05) is 32.8 Å². The van der Waals surface area contributed by atoms with Crippen LogP contribution in [0.1, 0.15) is 37.7 Å². The molecule has 0 aliphatic carbocycles. The van der Waals surface area contributed by atoms with E-state index in [1.807, 2.05) is 15.9 Å². The van der Waals surface area contributed by atoms with Gasteiger partial charge in [-0.2, -0.15) is 0 Å². The third-order valence-electron chi connectivity index (χ3n) is 5.64. The minimum atomic E-state index is -0.0891. The molecule has 0 saturated carbocycles. The van der Waals surface area contributed by atoms with E-state index in [-0.39, 0.29) is 30.3 Å². The molecule has 0 aromatic heterocycles. The monoisotopic (exact) mass is 344 g/mol. The zero-order valence-corrected chi connectivity index (χ0v) is 14.8. The highest BCUT2D eigenvalue weighted by atomic mass is 16.3. The smallest absolute Gasteiger partial charge is 0.224 e. The van der Waals surface area contributed by atoms with Crippen molar-refractivity contribution in [3.05, 3.63) is 35.9 Å². The fourth-order valence-electron chi connectivity index (χ4n) is 4.12.